The summed E-state index contributed by atoms with van der Waals surface area (Å²) >= 11 is 0. The van der Waals surface area contributed by atoms with Crippen LogP contribution in [0.2, 0.25) is 0 Å². The van der Waals surface area contributed by atoms with Crippen molar-refractivity contribution in [2.75, 3.05) is 63.8 Å². The van der Waals surface area contributed by atoms with Gasteiger partial charge in [-0.1, -0.05) is 13.8 Å². The number of guanidine groups is 1. The molecule has 164 valence electrons. The first-order chi connectivity index (χ1) is 13.7. The largest absolute Gasteiger partial charge is 0.357 e. The molecule has 0 bridgehead atoms. The van der Waals surface area contributed by atoms with Gasteiger partial charge in [0.2, 0.25) is 5.95 Å². The maximum Gasteiger partial charge on any atom is 0.225 e. The molecule has 2 aliphatic heterocycles. The summed E-state index contributed by atoms with van der Waals surface area (Å²) in [6.45, 7) is 16.0. The van der Waals surface area contributed by atoms with E-state index in [1.54, 1.807) is 0 Å². The monoisotopic (exact) mass is 515 g/mol. The Balaban J connectivity index is 0.00000300. The van der Waals surface area contributed by atoms with Gasteiger partial charge in [0, 0.05) is 64.8 Å². The van der Waals surface area contributed by atoms with Crippen LogP contribution in [0.25, 0.3) is 0 Å². The maximum absolute atomic E-state index is 5.03. The number of aliphatic imine (C=N–C) groups is 1. The first-order valence-corrected chi connectivity index (χ1v) is 10.9. The van der Waals surface area contributed by atoms with Gasteiger partial charge >= 0.3 is 0 Å². The highest BCUT2D eigenvalue weighted by atomic mass is 127. The fourth-order valence-electron chi connectivity index (χ4n) is 4.20. The molecule has 1 N–H and O–H groups in total. The summed E-state index contributed by atoms with van der Waals surface area (Å²) in [5, 5.41) is 3.50. The summed E-state index contributed by atoms with van der Waals surface area (Å²) < 4.78 is 0. The van der Waals surface area contributed by atoms with Crippen LogP contribution in [-0.2, 0) is 0 Å². The van der Waals surface area contributed by atoms with E-state index in [0.717, 1.165) is 57.1 Å². The Kier molecular flexibility index (Phi) is 10.4. The maximum atomic E-state index is 5.03. The second-order valence-corrected chi connectivity index (χ2v) is 8.38. The van der Waals surface area contributed by atoms with Gasteiger partial charge in [0.25, 0.3) is 0 Å². The van der Waals surface area contributed by atoms with E-state index in [-0.39, 0.29) is 24.0 Å². The van der Waals surface area contributed by atoms with Crippen LogP contribution in [0.3, 0.4) is 0 Å². The molecule has 0 spiro atoms. The molecule has 1 unspecified atom stereocenters. The van der Waals surface area contributed by atoms with Crippen molar-refractivity contribution in [2.45, 2.75) is 33.6 Å². The molecule has 2 fully saturated rings. The smallest absolute Gasteiger partial charge is 0.225 e. The zero-order chi connectivity index (χ0) is 19.8. The van der Waals surface area contributed by atoms with Crippen molar-refractivity contribution in [3.8, 4) is 0 Å². The van der Waals surface area contributed by atoms with E-state index in [1.807, 2.05) is 18.5 Å². The first-order valence-electron chi connectivity index (χ1n) is 10.9. The van der Waals surface area contributed by atoms with Crippen LogP contribution in [0.15, 0.2) is 23.5 Å². The van der Waals surface area contributed by atoms with Gasteiger partial charge in [0.15, 0.2) is 5.96 Å². The van der Waals surface area contributed by atoms with Crippen molar-refractivity contribution >= 4 is 35.9 Å². The second kappa shape index (κ2) is 12.5. The van der Waals surface area contributed by atoms with E-state index in [4.69, 9.17) is 4.99 Å². The quantitative estimate of drug-likeness (QED) is 0.357. The molecule has 1 aromatic rings. The number of hydrogen-bond acceptors (Lipinski definition) is 5. The van der Waals surface area contributed by atoms with Crippen molar-refractivity contribution < 1.29 is 0 Å². The Morgan fingerprint density at radius 3 is 2.55 bits per heavy atom. The fraction of sp³-hybridized carbons (Fsp3) is 0.762. The van der Waals surface area contributed by atoms with Crippen LogP contribution < -0.4 is 10.2 Å². The van der Waals surface area contributed by atoms with Gasteiger partial charge in [-0.15, -0.1) is 24.0 Å². The van der Waals surface area contributed by atoms with Crippen molar-refractivity contribution in [1.29, 1.82) is 0 Å². The number of halogens is 1. The van der Waals surface area contributed by atoms with Gasteiger partial charge in [-0.3, -0.25) is 4.99 Å². The van der Waals surface area contributed by atoms with Crippen LogP contribution >= 0.6 is 24.0 Å². The fourth-order valence-corrected chi connectivity index (χ4v) is 4.20. The highest BCUT2D eigenvalue weighted by Crippen LogP contribution is 2.18. The molecule has 29 heavy (non-hydrogen) atoms. The molecular formula is C21H38IN7. The average Bonchev–Trinajstić information content (AvgIpc) is 2.72. The lowest BCUT2D eigenvalue weighted by atomic mass is 9.97. The summed E-state index contributed by atoms with van der Waals surface area (Å²) in [6.07, 6.45) is 6.23. The number of likely N-dealkylation sites (tertiary alicyclic amines) is 1. The minimum Gasteiger partial charge on any atom is -0.357 e. The topological polar surface area (TPSA) is 59.9 Å². The molecule has 8 heteroatoms. The summed E-state index contributed by atoms with van der Waals surface area (Å²) in [6, 6.07) is 1.86. The van der Waals surface area contributed by atoms with E-state index < -0.39 is 0 Å². The second-order valence-electron chi connectivity index (χ2n) is 8.38. The third kappa shape index (κ3) is 7.55. The van der Waals surface area contributed by atoms with E-state index in [9.17, 15) is 0 Å². The summed E-state index contributed by atoms with van der Waals surface area (Å²) in [5.41, 5.74) is 0. The average molecular weight is 515 g/mol. The van der Waals surface area contributed by atoms with Crippen molar-refractivity contribution in [3.63, 3.8) is 0 Å². The minimum atomic E-state index is 0. The molecule has 0 saturated carbocycles. The molecule has 2 aliphatic rings. The van der Waals surface area contributed by atoms with Gasteiger partial charge in [0.05, 0.1) is 0 Å². The van der Waals surface area contributed by atoms with Crippen molar-refractivity contribution in [1.82, 2.24) is 25.1 Å². The van der Waals surface area contributed by atoms with Gasteiger partial charge in [-0.05, 0) is 44.2 Å². The van der Waals surface area contributed by atoms with E-state index in [1.165, 1.54) is 32.5 Å². The van der Waals surface area contributed by atoms with E-state index >= 15 is 0 Å². The molecule has 2 saturated heterocycles. The molecule has 1 atom stereocenters. The normalized spacial score (nSPS) is 21.2. The SMILES string of the molecule is CCNC(=NCC1CCCN(CC(C)C)C1)N1CCN(c2ncccn2)CC1.I. The van der Waals surface area contributed by atoms with Crippen LogP contribution in [0, 0.1) is 11.8 Å². The van der Waals surface area contributed by atoms with Crippen LogP contribution in [0.1, 0.15) is 33.6 Å². The molecule has 1 aromatic heterocycles. The van der Waals surface area contributed by atoms with Crippen LogP contribution in [0.5, 0.6) is 0 Å². The number of piperidine rings is 1. The van der Waals surface area contributed by atoms with Gasteiger partial charge in [-0.25, -0.2) is 9.97 Å². The number of hydrogen-bond donors (Lipinski definition) is 1. The molecule has 0 aromatic carbocycles. The standard InChI is InChI=1S/C21H37N7.HI/c1-4-22-20(25-15-19-7-5-10-26(17-19)16-18(2)3)27-11-13-28(14-12-27)21-23-8-6-9-24-21;/h6,8-9,18-19H,4-5,7,10-17H2,1-3H3,(H,22,25);1H. The Labute approximate surface area is 193 Å². The lowest BCUT2D eigenvalue weighted by Crippen LogP contribution is -2.53. The molecule has 0 radical (unpaired) electrons. The molecule has 0 aliphatic carbocycles. The van der Waals surface area contributed by atoms with E-state index in [2.05, 4.69) is 50.8 Å². The lowest BCUT2D eigenvalue weighted by Gasteiger charge is -2.37. The predicted octanol–water partition coefficient (Wildman–Crippen LogP) is 2.55. The Morgan fingerprint density at radius 1 is 1.17 bits per heavy atom. The third-order valence-electron chi connectivity index (χ3n) is 5.47. The highest BCUT2D eigenvalue weighted by Gasteiger charge is 2.23. The molecule has 7 nitrogen and oxygen atoms in total. The molecular weight excluding hydrogens is 477 g/mol. The number of anilines is 1. The number of piperazine rings is 1. The number of nitrogens with one attached hydrogen (secondary N) is 1. The summed E-state index contributed by atoms with van der Waals surface area (Å²) in [4.78, 5) is 21.1. The Bertz CT molecular complexity index is 602. The molecule has 3 rings (SSSR count). The molecule has 3 heterocycles. The zero-order valence-electron chi connectivity index (χ0n) is 18.3. The summed E-state index contributed by atoms with van der Waals surface area (Å²) in [5.74, 6) is 3.32. The first kappa shape index (κ1) is 24.1. The van der Waals surface area contributed by atoms with Crippen LogP contribution in [-0.4, -0.2) is 84.6 Å². The summed E-state index contributed by atoms with van der Waals surface area (Å²) in [7, 11) is 0. The third-order valence-corrected chi connectivity index (χ3v) is 5.47. The lowest BCUT2D eigenvalue weighted by molar-refractivity contribution is 0.162. The van der Waals surface area contributed by atoms with E-state index in [0.29, 0.717) is 5.92 Å². The van der Waals surface area contributed by atoms with Crippen molar-refractivity contribution in [3.05, 3.63) is 18.5 Å². The Morgan fingerprint density at radius 2 is 1.90 bits per heavy atom. The number of nitrogens with zero attached hydrogens (tertiary/aromatic N) is 6. The Hall–Kier alpha value is -1.16. The number of aromatic nitrogens is 2. The predicted molar refractivity (Wildman–Crippen MR) is 131 cm³/mol. The number of rotatable bonds is 6. The zero-order valence-corrected chi connectivity index (χ0v) is 20.6. The molecule has 0 amide bonds. The highest BCUT2D eigenvalue weighted by molar-refractivity contribution is 14.0. The van der Waals surface area contributed by atoms with Gasteiger partial charge in [0.1, 0.15) is 0 Å². The van der Waals surface area contributed by atoms with Gasteiger partial charge < -0.3 is 20.0 Å². The van der Waals surface area contributed by atoms with Crippen LogP contribution in [0.4, 0.5) is 5.95 Å². The van der Waals surface area contributed by atoms with Crippen molar-refractivity contribution in [2.24, 2.45) is 16.8 Å². The minimum absolute atomic E-state index is 0. The van der Waals surface area contributed by atoms with Gasteiger partial charge in [-0.2, -0.15) is 0 Å².